The first-order valence-corrected chi connectivity index (χ1v) is 11.2. The average Bonchev–Trinajstić information content (AvgIpc) is 3.34. The maximum absolute atomic E-state index is 13.1. The van der Waals surface area contributed by atoms with Gasteiger partial charge in [-0.1, -0.05) is 36.4 Å². The Balaban J connectivity index is 1.44. The Bertz CT molecular complexity index is 1340. The zero-order chi connectivity index (χ0) is 22.8. The van der Waals surface area contributed by atoms with Crippen LogP contribution in [0.1, 0.15) is 18.1 Å². The first-order valence-electron chi connectivity index (χ1n) is 11.2. The molecule has 5 rings (SSSR count). The second kappa shape index (κ2) is 8.87. The summed E-state index contributed by atoms with van der Waals surface area (Å²) in [7, 11) is 1.65. The van der Waals surface area contributed by atoms with E-state index in [2.05, 4.69) is 22.9 Å². The van der Waals surface area contributed by atoms with E-state index in [0.29, 0.717) is 19.7 Å². The summed E-state index contributed by atoms with van der Waals surface area (Å²) in [5.41, 5.74) is 4.86. The number of carbonyl (C=O) groups is 1. The molecule has 0 saturated carbocycles. The van der Waals surface area contributed by atoms with Crippen LogP contribution in [0.5, 0.6) is 11.5 Å². The summed E-state index contributed by atoms with van der Waals surface area (Å²) in [6.07, 6.45) is 4.14. The van der Waals surface area contributed by atoms with Crippen LogP contribution in [-0.2, 0) is 11.3 Å². The maximum Gasteiger partial charge on any atom is 0.258 e. The van der Waals surface area contributed by atoms with Crippen molar-refractivity contribution >= 4 is 34.1 Å². The number of amides is 1. The zero-order valence-corrected chi connectivity index (χ0v) is 18.8. The zero-order valence-electron chi connectivity index (χ0n) is 18.8. The molecular formula is C28H26N2O3. The summed E-state index contributed by atoms with van der Waals surface area (Å²) in [4.78, 5) is 15.0. The summed E-state index contributed by atoms with van der Waals surface area (Å²) < 4.78 is 13.3. The molecule has 3 aromatic carbocycles. The minimum atomic E-state index is 0.0540. The topological polar surface area (TPSA) is 43.7 Å². The van der Waals surface area contributed by atoms with E-state index in [4.69, 9.17) is 9.47 Å². The van der Waals surface area contributed by atoms with E-state index in [1.807, 2.05) is 78.6 Å². The van der Waals surface area contributed by atoms with Crippen molar-refractivity contribution in [3.8, 4) is 11.5 Å². The van der Waals surface area contributed by atoms with Gasteiger partial charge in [0.25, 0.3) is 5.91 Å². The van der Waals surface area contributed by atoms with Crippen molar-refractivity contribution in [3.05, 3.63) is 90.1 Å². The third-order valence-corrected chi connectivity index (χ3v) is 6.06. The van der Waals surface area contributed by atoms with E-state index in [0.717, 1.165) is 44.8 Å². The van der Waals surface area contributed by atoms with Crippen LogP contribution in [0.3, 0.4) is 0 Å². The van der Waals surface area contributed by atoms with Crippen LogP contribution < -0.4 is 14.4 Å². The highest BCUT2D eigenvalue weighted by molar-refractivity contribution is 6.36. The van der Waals surface area contributed by atoms with E-state index in [9.17, 15) is 4.79 Å². The standard InChI is InChI=1S/C28H26N2O3/c1-3-30-27-11-7-5-9-24(27)25(28(30)31)18-20-19-29(26-10-6-4-8-23(20)26)16-17-33-22-14-12-21(32-2)13-15-22/h4-15,18-19H,3,16-17H2,1-2H3/b25-18+. The van der Waals surface area contributed by atoms with Gasteiger partial charge in [-0.05, 0) is 49.4 Å². The molecule has 0 spiro atoms. The fraction of sp³-hybridized carbons (Fsp3) is 0.179. The quantitative estimate of drug-likeness (QED) is 0.351. The van der Waals surface area contributed by atoms with E-state index in [1.54, 1.807) is 7.11 Å². The molecule has 1 amide bonds. The SMILES string of the molecule is CCN1C(=O)/C(=C/c2cn(CCOc3ccc(OC)cc3)c3ccccc23)c2ccccc21. The van der Waals surface area contributed by atoms with Gasteiger partial charge < -0.3 is 18.9 Å². The van der Waals surface area contributed by atoms with Crippen LogP contribution in [0.2, 0.25) is 0 Å². The van der Waals surface area contributed by atoms with Crippen molar-refractivity contribution in [1.82, 2.24) is 4.57 Å². The van der Waals surface area contributed by atoms with Crippen LogP contribution >= 0.6 is 0 Å². The van der Waals surface area contributed by atoms with Gasteiger partial charge in [0.2, 0.25) is 0 Å². The van der Waals surface area contributed by atoms with Gasteiger partial charge in [0, 0.05) is 40.3 Å². The Morgan fingerprint density at radius 3 is 2.42 bits per heavy atom. The third kappa shape index (κ3) is 3.87. The van der Waals surface area contributed by atoms with Gasteiger partial charge in [-0.15, -0.1) is 0 Å². The third-order valence-electron chi connectivity index (χ3n) is 6.06. The van der Waals surface area contributed by atoms with E-state index in [1.165, 1.54) is 0 Å². The maximum atomic E-state index is 13.1. The average molecular weight is 439 g/mol. The Morgan fingerprint density at radius 2 is 1.64 bits per heavy atom. The molecule has 0 atom stereocenters. The predicted molar refractivity (Wildman–Crippen MR) is 133 cm³/mol. The second-order valence-electron chi connectivity index (χ2n) is 7.94. The number of nitrogens with zero attached hydrogens (tertiary/aromatic N) is 2. The number of carbonyl (C=O) groups excluding carboxylic acids is 1. The van der Waals surface area contributed by atoms with Crippen molar-refractivity contribution in [2.24, 2.45) is 0 Å². The Kier molecular flexibility index (Phi) is 5.61. The lowest BCUT2D eigenvalue weighted by molar-refractivity contribution is -0.112. The molecule has 1 aliphatic rings. The molecule has 0 aliphatic carbocycles. The fourth-order valence-corrected chi connectivity index (χ4v) is 4.42. The van der Waals surface area contributed by atoms with Crippen LogP contribution in [0.4, 0.5) is 5.69 Å². The monoisotopic (exact) mass is 438 g/mol. The predicted octanol–water partition coefficient (Wildman–Crippen LogP) is 5.64. The molecule has 33 heavy (non-hydrogen) atoms. The Labute approximate surface area is 193 Å². The number of benzene rings is 3. The highest BCUT2D eigenvalue weighted by atomic mass is 16.5. The van der Waals surface area contributed by atoms with Crippen LogP contribution in [0.15, 0.2) is 79.0 Å². The van der Waals surface area contributed by atoms with Gasteiger partial charge >= 0.3 is 0 Å². The number of aromatic nitrogens is 1. The van der Waals surface area contributed by atoms with Crippen molar-refractivity contribution in [2.75, 3.05) is 25.2 Å². The molecule has 0 unspecified atom stereocenters. The summed E-state index contributed by atoms with van der Waals surface area (Å²) in [6.45, 7) is 3.89. The van der Waals surface area contributed by atoms with E-state index in [-0.39, 0.29) is 5.91 Å². The van der Waals surface area contributed by atoms with Gasteiger partial charge in [0.05, 0.1) is 19.3 Å². The first-order chi connectivity index (χ1) is 16.2. The first kappa shape index (κ1) is 20.9. The Hall–Kier alpha value is -3.99. The fourth-order valence-electron chi connectivity index (χ4n) is 4.42. The molecule has 5 heteroatoms. The van der Waals surface area contributed by atoms with Gasteiger partial charge in [0.15, 0.2) is 0 Å². The lowest BCUT2D eigenvalue weighted by Gasteiger charge is -2.13. The molecule has 1 aromatic heterocycles. The van der Waals surface area contributed by atoms with Crippen LogP contribution in [-0.4, -0.2) is 30.7 Å². The number of hydrogen-bond acceptors (Lipinski definition) is 3. The minimum absolute atomic E-state index is 0.0540. The Morgan fingerprint density at radius 1 is 0.909 bits per heavy atom. The molecule has 0 fully saturated rings. The molecule has 166 valence electrons. The van der Waals surface area contributed by atoms with Crippen LogP contribution in [0.25, 0.3) is 22.6 Å². The lowest BCUT2D eigenvalue weighted by Crippen LogP contribution is -2.25. The molecule has 4 aromatic rings. The molecule has 0 bridgehead atoms. The number of likely N-dealkylation sites (N-methyl/N-ethyl adjacent to an activating group) is 1. The second-order valence-corrected chi connectivity index (χ2v) is 7.94. The summed E-state index contributed by atoms with van der Waals surface area (Å²) in [5, 5.41) is 1.12. The molecule has 5 nitrogen and oxygen atoms in total. The number of anilines is 1. The van der Waals surface area contributed by atoms with Crippen molar-refractivity contribution in [3.63, 3.8) is 0 Å². The van der Waals surface area contributed by atoms with Crippen LogP contribution in [0, 0.1) is 0 Å². The van der Waals surface area contributed by atoms with Gasteiger partial charge in [-0.25, -0.2) is 0 Å². The number of para-hydroxylation sites is 2. The summed E-state index contributed by atoms with van der Waals surface area (Å²) in [5.74, 6) is 1.67. The molecule has 0 saturated heterocycles. The smallest absolute Gasteiger partial charge is 0.258 e. The van der Waals surface area contributed by atoms with E-state index >= 15 is 0 Å². The van der Waals surface area contributed by atoms with E-state index < -0.39 is 0 Å². The number of ether oxygens (including phenoxy) is 2. The summed E-state index contributed by atoms with van der Waals surface area (Å²) in [6, 6.07) is 23.9. The van der Waals surface area contributed by atoms with Gasteiger partial charge in [-0.2, -0.15) is 0 Å². The number of hydrogen-bond donors (Lipinski definition) is 0. The van der Waals surface area contributed by atoms with Crippen molar-refractivity contribution < 1.29 is 14.3 Å². The minimum Gasteiger partial charge on any atom is -0.497 e. The molecule has 0 N–H and O–H groups in total. The van der Waals surface area contributed by atoms with Crippen molar-refractivity contribution in [1.29, 1.82) is 0 Å². The van der Waals surface area contributed by atoms with Gasteiger partial charge in [0.1, 0.15) is 18.1 Å². The number of fused-ring (bicyclic) bond motifs is 2. The highest BCUT2D eigenvalue weighted by Gasteiger charge is 2.31. The molecule has 0 radical (unpaired) electrons. The highest BCUT2D eigenvalue weighted by Crippen LogP contribution is 2.38. The lowest BCUT2D eigenvalue weighted by atomic mass is 10.0. The normalized spacial score (nSPS) is 14.2. The molecule has 1 aliphatic heterocycles. The number of rotatable bonds is 7. The molecular weight excluding hydrogens is 412 g/mol. The number of methoxy groups -OCH3 is 1. The van der Waals surface area contributed by atoms with Gasteiger partial charge in [-0.3, -0.25) is 4.79 Å². The molecule has 2 heterocycles. The summed E-state index contributed by atoms with van der Waals surface area (Å²) >= 11 is 0. The largest absolute Gasteiger partial charge is 0.497 e. The van der Waals surface area contributed by atoms with Crippen molar-refractivity contribution in [2.45, 2.75) is 13.5 Å².